The van der Waals surface area contributed by atoms with Crippen LogP contribution in [0.1, 0.15) is 46.1 Å². The first kappa shape index (κ1) is 16.3. The second-order valence-electron chi connectivity index (χ2n) is 5.30. The van der Waals surface area contributed by atoms with Gasteiger partial charge in [0.1, 0.15) is 5.75 Å². The standard InChI is InChI=1S/C16H26ClNO/c1-5-13(6-2)19-16-9-7-8-15(17)14(16)11-18-10-12(3)4/h7-9,12-13,18H,5-6,10-11H2,1-4H3. The summed E-state index contributed by atoms with van der Waals surface area (Å²) in [5, 5.41) is 4.20. The highest BCUT2D eigenvalue weighted by molar-refractivity contribution is 6.31. The molecular weight excluding hydrogens is 258 g/mol. The highest BCUT2D eigenvalue weighted by Crippen LogP contribution is 2.28. The number of nitrogens with one attached hydrogen (secondary N) is 1. The van der Waals surface area contributed by atoms with Gasteiger partial charge in [-0.3, -0.25) is 0 Å². The van der Waals surface area contributed by atoms with Crippen molar-refractivity contribution in [3.05, 3.63) is 28.8 Å². The molecule has 0 spiro atoms. The molecule has 2 nitrogen and oxygen atoms in total. The molecule has 0 unspecified atom stereocenters. The summed E-state index contributed by atoms with van der Waals surface area (Å²) in [6.07, 6.45) is 2.30. The van der Waals surface area contributed by atoms with E-state index in [4.69, 9.17) is 16.3 Å². The van der Waals surface area contributed by atoms with Crippen LogP contribution >= 0.6 is 11.6 Å². The summed E-state index contributed by atoms with van der Waals surface area (Å²) in [6, 6.07) is 5.89. The second kappa shape index (κ2) is 8.44. The SMILES string of the molecule is CCC(CC)Oc1cccc(Cl)c1CNCC(C)C. The van der Waals surface area contributed by atoms with Crippen molar-refractivity contribution in [2.45, 2.75) is 53.2 Å². The van der Waals surface area contributed by atoms with Crippen LogP contribution in [0, 0.1) is 5.92 Å². The van der Waals surface area contributed by atoms with Crippen molar-refractivity contribution in [2.24, 2.45) is 5.92 Å². The van der Waals surface area contributed by atoms with E-state index in [1.54, 1.807) is 0 Å². The Morgan fingerprint density at radius 1 is 1.21 bits per heavy atom. The molecule has 108 valence electrons. The Bertz CT molecular complexity index is 375. The van der Waals surface area contributed by atoms with Crippen molar-refractivity contribution in [3.63, 3.8) is 0 Å². The fraction of sp³-hybridized carbons (Fsp3) is 0.625. The summed E-state index contributed by atoms with van der Waals surface area (Å²) in [4.78, 5) is 0. The van der Waals surface area contributed by atoms with E-state index in [1.807, 2.05) is 18.2 Å². The Morgan fingerprint density at radius 3 is 2.47 bits per heavy atom. The first-order valence-electron chi connectivity index (χ1n) is 7.23. The number of rotatable bonds is 8. The van der Waals surface area contributed by atoms with Gasteiger partial charge in [-0.25, -0.2) is 0 Å². The number of hydrogen-bond donors (Lipinski definition) is 1. The molecule has 0 heterocycles. The normalized spacial score (nSPS) is 11.3. The van der Waals surface area contributed by atoms with Crippen molar-refractivity contribution in [1.82, 2.24) is 5.32 Å². The van der Waals surface area contributed by atoms with Crippen molar-refractivity contribution in [3.8, 4) is 5.75 Å². The molecule has 0 saturated carbocycles. The van der Waals surface area contributed by atoms with Gasteiger partial charge in [-0.05, 0) is 37.4 Å². The van der Waals surface area contributed by atoms with E-state index in [2.05, 4.69) is 33.0 Å². The van der Waals surface area contributed by atoms with Gasteiger partial charge in [-0.2, -0.15) is 0 Å². The molecule has 0 aliphatic heterocycles. The maximum Gasteiger partial charge on any atom is 0.125 e. The Morgan fingerprint density at radius 2 is 1.89 bits per heavy atom. The Hall–Kier alpha value is -0.730. The highest BCUT2D eigenvalue weighted by atomic mass is 35.5. The molecule has 0 atom stereocenters. The molecule has 0 bridgehead atoms. The van der Waals surface area contributed by atoms with Gasteiger partial charge in [0.2, 0.25) is 0 Å². The van der Waals surface area contributed by atoms with E-state index in [1.165, 1.54) is 0 Å². The number of hydrogen-bond acceptors (Lipinski definition) is 2. The number of halogens is 1. The summed E-state index contributed by atoms with van der Waals surface area (Å²) < 4.78 is 6.06. The molecule has 0 fully saturated rings. The zero-order valence-corrected chi connectivity index (χ0v) is 13.3. The fourth-order valence-corrected chi connectivity index (χ4v) is 2.17. The maximum atomic E-state index is 6.29. The van der Waals surface area contributed by atoms with Crippen LogP contribution in [0.25, 0.3) is 0 Å². The van der Waals surface area contributed by atoms with Crippen LogP contribution in [-0.4, -0.2) is 12.6 Å². The molecule has 1 rings (SSSR count). The summed E-state index contributed by atoms with van der Waals surface area (Å²) in [6.45, 7) is 10.4. The zero-order chi connectivity index (χ0) is 14.3. The van der Waals surface area contributed by atoms with Gasteiger partial charge < -0.3 is 10.1 Å². The van der Waals surface area contributed by atoms with Crippen molar-refractivity contribution >= 4 is 11.6 Å². The molecule has 3 heteroatoms. The summed E-state index contributed by atoms with van der Waals surface area (Å²) in [5.74, 6) is 1.54. The van der Waals surface area contributed by atoms with Gasteiger partial charge in [0.25, 0.3) is 0 Å². The van der Waals surface area contributed by atoms with Crippen LogP contribution < -0.4 is 10.1 Å². The molecule has 1 aromatic rings. The van der Waals surface area contributed by atoms with E-state index in [9.17, 15) is 0 Å². The van der Waals surface area contributed by atoms with E-state index >= 15 is 0 Å². The van der Waals surface area contributed by atoms with E-state index in [0.29, 0.717) is 5.92 Å². The summed E-state index contributed by atoms with van der Waals surface area (Å²) >= 11 is 6.29. The lowest BCUT2D eigenvalue weighted by molar-refractivity contribution is 0.190. The lowest BCUT2D eigenvalue weighted by Crippen LogP contribution is -2.21. The average Bonchev–Trinajstić information content (AvgIpc) is 2.38. The Labute approximate surface area is 122 Å². The molecule has 1 N–H and O–H groups in total. The van der Waals surface area contributed by atoms with Gasteiger partial charge in [0.05, 0.1) is 6.10 Å². The monoisotopic (exact) mass is 283 g/mol. The molecule has 0 aliphatic rings. The Balaban J connectivity index is 2.76. The Kier molecular flexibility index (Phi) is 7.25. The van der Waals surface area contributed by atoms with E-state index < -0.39 is 0 Å². The van der Waals surface area contributed by atoms with Gasteiger partial charge in [-0.1, -0.05) is 45.4 Å². The summed E-state index contributed by atoms with van der Waals surface area (Å²) in [5.41, 5.74) is 1.07. The van der Waals surface area contributed by atoms with Gasteiger partial charge in [0, 0.05) is 17.1 Å². The molecule has 0 aliphatic carbocycles. The van der Waals surface area contributed by atoms with Crippen molar-refractivity contribution in [2.75, 3.05) is 6.54 Å². The third-order valence-electron chi connectivity index (χ3n) is 3.13. The van der Waals surface area contributed by atoms with E-state index in [-0.39, 0.29) is 6.10 Å². The molecule has 19 heavy (non-hydrogen) atoms. The number of benzene rings is 1. The van der Waals surface area contributed by atoms with Gasteiger partial charge >= 0.3 is 0 Å². The molecule has 0 aromatic heterocycles. The first-order chi connectivity index (χ1) is 9.08. The van der Waals surface area contributed by atoms with Crippen LogP contribution in [0.4, 0.5) is 0 Å². The smallest absolute Gasteiger partial charge is 0.125 e. The molecular formula is C16H26ClNO. The third-order valence-corrected chi connectivity index (χ3v) is 3.49. The minimum absolute atomic E-state index is 0.266. The van der Waals surface area contributed by atoms with Crippen LogP contribution in [0.3, 0.4) is 0 Å². The zero-order valence-electron chi connectivity index (χ0n) is 12.5. The van der Waals surface area contributed by atoms with Crippen molar-refractivity contribution < 1.29 is 4.74 Å². The number of ether oxygens (including phenoxy) is 1. The third kappa shape index (κ3) is 5.42. The summed E-state index contributed by atoms with van der Waals surface area (Å²) in [7, 11) is 0. The second-order valence-corrected chi connectivity index (χ2v) is 5.70. The highest BCUT2D eigenvalue weighted by Gasteiger charge is 2.12. The predicted octanol–water partition coefficient (Wildman–Crippen LogP) is 4.65. The van der Waals surface area contributed by atoms with Gasteiger partial charge in [0.15, 0.2) is 0 Å². The van der Waals surface area contributed by atoms with Crippen LogP contribution in [0.5, 0.6) is 5.75 Å². The predicted molar refractivity (Wildman–Crippen MR) is 83.0 cm³/mol. The molecule has 0 saturated heterocycles. The maximum absolute atomic E-state index is 6.29. The molecule has 1 aromatic carbocycles. The topological polar surface area (TPSA) is 21.3 Å². The first-order valence-corrected chi connectivity index (χ1v) is 7.61. The largest absolute Gasteiger partial charge is 0.490 e. The minimum Gasteiger partial charge on any atom is -0.490 e. The quantitative estimate of drug-likeness (QED) is 0.750. The van der Waals surface area contributed by atoms with E-state index in [0.717, 1.165) is 42.3 Å². The average molecular weight is 284 g/mol. The van der Waals surface area contributed by atoms with Crippen molar-refractivity contribution in [1.29, 1.82) is 0 Å². The minimum atomic E-state index is 0.266. The molecule has 0 amide bonds. The fourth-order valence-electron chi connectivity index (χ4n) is 1.94. The van der Waals surface area contributed by atoms with Gasteiger partial charge in [-0.15, -0.1) is 0 Å². The molecule has 0 radical (unpaired) electrons. The lowest BCUT2D eigenvalue weighted by atomic mass is 10.1. The van der Waals surface area contributed by atoms with Crippen LogP contribution in [0.2, 0.25) is 5.02 Å². The lowest BCUT2D eigenvalue weighted by Gasteiger charge is -2.19. The van der Waals surface area contributed by atoms with Crippen LogP contribution in [-0.2, 0) is 6.54 Å². The van der Waals surface area contributed by atoms with Crippen LogP contribution in [0.15, 0.2) is 18.2 Å².